The molecule has 2 N–H and O–H groups in total. The van der Waals surface area contributed by atoms with Gasteiger partial charge in [-0.05, 0) is 56.6 Å². The van der Waals surface area contributed by atoms with Crippen molar-refractivity contribution < 1.29 is 4.79 Å². The van der Waals surface area contributed by atoms with E-state index in [0.717, 1.165) is 23.6 Å². The predicted octanol–water partition coefficient (Wildman–Crippen LogP) is 2.04. The number of hydrogen-bond donors (Lipinski definition) is 2. The fraction of sp³-hybridized carbons (Fsp3) is 0.625. The van der Waals surface area contributed by atoms with Crippen molar-refractivity contribution in [1.82, 2.24) is 10.3 Å². The molecule has 2 bridgehead atoms. The van der Waals surface area contributed by atoms with E-state index in [0.29, 0.717) is 18.0 Å². The lowest BCUT2D eigenvalue weighted by Gasteiger charge is -2.20. The van der Waals surface area contributed by atoms with Crippen molar-refractivity contribution in [2.45, 2.75) is 46.1 Å². The summed E-state index contributed by atoms with van der Waals surface area (Å²) in [6.45, 7) is 4.13. The molecule has 2 aliphatic rings. The lowest BCUT2D eigenvalue weighted by atomic mass is 9.88. The summed E-state index contributed by atoms with van der Waals surface area (Å²) in [7, 11) is 0. The highest BCUT2D eigenvalue weighted by atomic mass is 16.2. The van der Waals surface area contributed by atoms with Gasteiger partial charge in [0.15, 0.2) is 0 Å². The van der Waals surface area contributed by atoms with Gasteiger partial charge in [0.05, 0.1) is 0 Å². The number of amides is 1. The molecule has 108 valence electrons. The number of fused-ring (bicyclic) bond motifs is 2. The van der Waals surface area contributed by atoms with Crippen molar-refractivity contribution in [2.75, 3.05) is 0 Å². The number of rotatable bonds is 3. The quantitative estimate of drug-likeness (QED) is 0.886. The Morgan fingerprint density at radius 2 is 2.15 bits per heavy atom. The van der Waals surface area contributed by atoms with Gasteiger partial charge in [-0.3, -0.25) is 9.59 Å². The lowest BCUT2D eigenvalue weighted by molar-refractivity contribution is -0.126. The largest absolute Gasteiger partial charge is 0.352 e. The molecule has 1 aromatic heterocycles. The number of aromatic amines is 1. The van der Waals surface area contributed by atoms with Crippen LogP contribution < -0.4 is 10.9 Å². The Kier molecular flexibility index (Phi) is 3.40. The van der Waals surface area contributed by atoms with Crippen LogP contribution in [-0.4, -0.2) is 10.9 Å². The van der Waals surface area contributed by atoms with Crippen LogP contribution in [0.2, 0.25) is 0 Å². The minimum absolute atomic E-state index is 0.0873. The Morgan fingerprint density at radius 3 is 2.75 bits per heavy atom. The van der Waals surface area contributed by atoms with Gasteiger partial charge in [0, 0.05) is 23.7 Å². The number of H-pyrrole nitrogens is 1. The molecule has 2 saturated carbocycles. The van der Waals surface area contributed by atoms with Gasteiger partial charge in [-0.2, -0.15) is 0 Å². The second-order valence-corrected chi connectivity index (χ2v) is 6.44. The molecule has 1 amide bonds. The fourth-order valence-electron chi connectivity index (χ4n) is 3.97. The van der Waals surface area contributed by atoms with Crippen molar-refractivity contribution in [1.29, 1.82) is 0 Å². The summed E-state index contributed by atoms with van der Waals surface area (Å²) < 4.78 is 0. The van der Waals surface area contributed by atoms with Crippen molar-refractivity contribution >= 4 is 5.91 Å². The lowest BCUT2D eigenvalue weighted by Crippen LogP contribution is -2.35. The van der Waals surface area contributed by atoms with Gasteiger partial charge in [0.2, 0.25) is 5.91 Å². The standard InChI is InChI=1S/C16H22N2O2/c1-9-5-10(2)18-16(20)14(9)8-17-15(19)13-7-11-3-4-12(13)6-11/h5,11-13H,3-4,6-8H2,1-2H3,(H,17,19)(H,18,20). The molecule has 2 fully saturated rings. The van der Waals surface area contributed by atoms with Crippen LogP contribution in [0.4, 0.5) is 0 Å². The number of aromatic nitrogens is 1. The van der Waals surface area contributed by atoms with Crippen molar-refractivity contribution in [3.05, 3.63) is 33.2 Å². The first kappa shape index (κ1) is 13.4. The van der Waals surface area contributed by atoms with E-state index in [4.69, 9.17) is 0 Å². The summed E-state index contributed by atoms with van der Waals surface area (Å²) in [6, 6.07) is 1.94. The second-order valence-electron chi connectivity index (χ2n) is 6.44. The molecule has 4 nitrogen and oxygen atoms in total. The Balaban J connectivity index is 1.65. The summed E-state index contributed by atoms with van der Waals surface area (Å²) in [5.74, 6) is 1.66. The van der Waals surface area contributed by atoms with Crippen LogP contribution >= 0.6 is 0 Å². The molecule has 0 spiro atoms. The molecule has 3 atom stereocenters. The Bertz CT molecular complexity index is 591. The molecular weight excluding hydrogens is 252 g/mol. The van der Waals surface area contributed by atoms with Gasteiger partial charge in [-0.15, -0.1) is 0 Å². The topological polar surface area (TPSA) is 62.0 Å². The number of pyridine rings is 1. The van der Waals surface area contributed by atoms with E-state index in [9.17, 15) is 9.59 Å². The maximum absolute atomic E-state index is 12.3. The highest BCUT2D eigenvalue weighted by Gasteiger charge is 2.42. The maximum Gasteiger partial charge on any atom is 0.253 e. The zero-order chi connectivity index (χ0) is 14.3. The first-order chi connectivity index (χ1) is 9.54. The molecule has 0 saturated heterocycles. The van der Waals surface area contributed by atoms with Gasteiger partial charge >= 0.3 is 0 Å². The summed E-state index contributed by atoms with van der Waals surface area (Å²) in [5.41, 5.74) is 2.39. The molecular formula is C16H22N2O2. The molecule has 1 aromatic rings. The molecule has 20 heavy (non-hydrogen) atoms. The Labute approximate surface area is 119 Å². The van der Waals surface area contributed by atoms with E-state index >= 15 is 0 Å². The van der Waals surface area contributed by atoms with Gasteiger partial charge in [0.1, 0.15) is 0 Å². The van der Waals surface area contributed by atoms with Crippen LogP contribution in [0.1, 0.15) is 42.5 Å². The summed E-state index contributed by atoms with van der Waals surface area (Å²) in [5, 5.41) is 2.97. The van der Waals surface area contributed by atoms with E-state index in [-0.39, 0.29) is 17.4 Å². The second kappa shape index (κ2) is 5.08. The van der Waals surface area contributed by atoms with Crippen LogP contribution in [0.5, 0.6) is 0 Å². The minimum Gasteiger partial charge on any atom is -0.352 e. The van der Waals surface area contributed by atoms with Crippen molar-refractivity contribution in [3.8, 4) is 0 Å². The van der Waals surface area contributed by atoms with E-state index in [2.05, 4.69) is 10.3 Å². The van der Waals surface area contributed by atoms with E-state index < -0.39 is 0 Å². The SMILES string of the molecule is Cc1cc(C)c(CNC(=O)C2CC3CCC2C3)c(=O)[nH]1. The number of nitrogens with one attached hydrogen (secondary N) is 2. The van der Waals surface area contributed by atoms with Gasteiger partial charge in [0.25, 0.3) is 5.56 Å². The number of hydrogen-bond acceptors (Lipinski definition) is 2. The highest BCUT2D eigenvalue weighted by molar-refractivity contribution is 5.79. The average Bonchev–Trinajstić information content (AvgIpc) is 2.99. The van der Waals surface area contributed by atoms with Crippen molar-refractivity contribution in [3.63, 3.8) is 0 Å². The summed E-state index contributed by atoms with van der Waals surface area (Å²) >= 11 is 0. The highest BCUT2D eigenvalue weighted by Crippen LogP contribution is 2.48. The molecule has 4 heteroatoms. The molecule has 0 aromatic carbocycles. The summed E-state index contributed by atoms with van der Waals surface area (Å²) in [4.78, 5) is 27.0. The maximum atomic E-state index is 12.3. The monoisotopic (exact) mass is 274 g/mol. The molecule has 3 rings (SSSR count). The van der Waals surface area contributed by atoms with Gasteiger partial charge in [-0.1, -0.05) is 6.42 Å². The normalized spacial score (nSPS) is 27.8. The third-order valence-electron chi connectivity index (χ3n) is 5.01. The first-order valence-corrected chi connectivity index (χ1v) is 7.51. The third kappa shape index (κ3) is 2.39. The van der Waals surface area contributed by atoms with Crippen molar-refractivity contribution in [2.24, 2.45) is 17.8 Å². The van der Waals surface area contributed by atoms with Crippen LogP contribution in [0.3, 0.4) is 0 Å². The Hall–Kier alpha value is -1.58. The predicted molar refractivity (Wildman–Crippen MR) is 77.3 cm³/mol. The zero-order valence-electron chi connectivity index (χ0n) is 12.2. The minimum atomic E-state index is -0.0873. The van der Waals surface area contributed by atoms with E-state index in [1.54, 1.807) is 0 Å². The smallest absolute Gasteiger partial charge is 0.253 e. The number of aryl methyl sites for hydroxylation is 2. The Morgan fingerprint density at radius 1 is 1.35 bits per heavy atom. The van der Waals surface area contributed by atoms with E-state index in [1.165, 1.54) is 19.3 Å². The molecule has 0 radical (unpaired) electrons. The van der Waals surface area contributed by atoms with Gasteiger partial charge in [-0.25, -0.2) is 0 Å². The first-order valence-electron chi connectivity index (χ1n) is 7.51. The fourth-order valence-corrected chi connectivity index (χ4v) is 3.97. The van der Waals surface area contributed by atoms with Crippen LogP contribution in [0.25, 0.3) is 0 Å². The summed E-state index contributed by atoms with van der Waals surface area (Å²) in [6.07, 6.45) is 4.76. The molecule has 0 aliphatic heterocycles. The van der Waals surface area contributed by atoms with E-state index in [1.807, 2.05) is 19.9 Å². The van der Waals surface area contributed by atoms with Gasteiger partial charge < -0.3 is 10.3 Å². The van der Waals surface area contributed by atoms with Crippen LogP contribution in [0.15, 0.2) is 10.9 Å². The third-order valence-corrected chi connectivity index (χ3v) is 5.01. The van der Waals surface area contributed by atoms with Crippen LogP contribution in [0, 0.1) is 31.6 Å². The molecule has 1 heterocycles. The van der Waals surface area contributed by atoms with Crippen LogP contribution in [-0.2, 0) is 11.3 Å². The number of carbonyl (C=O) groups excluding carboxylic acids is 1. The zero-order valence-corrected chi connectivity index (χ0v) is 12.2. The molecule has 3 unspecified atom stereocenters. The average molecular weight is 274 g/mol. The molecule has 2 aliphatic carbocycles. The number of carbonyl (C=O) groups is 1.